The van der Waals surface area contributed by atoms with Gasteiger partial charge in [-0.1, -0.05) is 18.2 Å². The Morgan fingerprint density at radius 2 is 2.08 bits per heavy atom. The maximum absolute atomic E-state index is 10.3. The van der Waals surface area contributed by atoms with Gasteiger partial charge < -0.3 is 9.84 Å². The van der Waals surface area contributed by atoms with E-state index < -0.39 is 6.10 Å². The summed E-state index contributed by atoms with van der Waals surface area (Å²) in [6, 6.07) is 13.7. The molecular formula is C20H21N3O2. The third-order valence-electron chi connectivity index (χ3n) is 4.50. The fraction of sp³-hybridized carbons (Fsp3) is 0.300. The van der Waals surface area contributed by atoms with Crippen molar-refractivity contribution in [2.75, 3.05) is 19.7 Å². The third kappa shape index (κ3) is 3.78. The van der Waals surface area contributed by atoms with Gasteiger partial charge in [0.2, 0.25) is 0 Å². The van der Waals surface area contributed by atoms with Crippen LogP contribution >= 0.6 is 0 Å². The van der Waals surface area contributed by atoms with E-state index >= 15 is 0 Å². The molecule has 0 aliphatic carbocycles. The van der Waals surface area contributed by atoms with Crippen LogP contribution in [0, 0.1) is 0 Å². The largest absolute Gasteiger partial charge is 0.491 e. The van der Waals surface area contributed by atoms with Gasteiger partial charge in [0, 0.05) is 49.5 Å². The molecule has 1 aliphatic rings. The molecule has 2 aromatic heterocycles. The zero-order valence-electron chi connectivity index (χ0n) is 14.0. The Bertz CT molecular complexity index is 854. The van der Waals surface area contributed by atoms with Crippen LogP contribution in [0.25, 0.3) is 10.9 Å². The van der Waals surface area contributed by atoms with Crippen LogP contribution in [0.15, 0.2) is 54.9 Å². The highest BCUT2D eigenvalue weighted by molar-refractivity contribution is 5.78. The maximum atomic E-state index is 10.3. The fourth-order valence-corrected chi connectivity index (χ4v) is 3.25. The number of benzene rings is 1. The van der Waals surface area contributed by atoms with Crippen molar-refractivity contribution in [1.82, 2.24) is 14.9 Å². The number of nitrogens with zero attached hydrogens (tertiary/aromatic N) is 3. The molecule has 0 bridgehead atoms. The van der Waals surface area contributed by atoms with Crippen molar-refractivity contribution in [2.24, 2.45) is 0 Å². The van der Waals surface area contributed by atoms with Crippen LogP contribution in [-0.2, 0) is 13.0 Å². The van der Waals surface area contributed by atoms with Crippen LogP contribution in [0.5, 0.6) is 5.75 Å². The lowest BCUT2D eigenvalue weighted by Crippen LogP contribution is -2.39. The van der Waals surface area contributed by atoms with Crippen LogP contribution in [-0.4, -0.2) is 45.8 Å². The molecule has 1 atom stereocenters. The molecule has 1 aliphatic heterocycles. The second-order valence-electron chi connectivity index (χ2n) is 6.43. The molecule has 3 heterocycles. The smallest absolute Gasteiger partial charge is 0.119 e. The minimum atomic E-state index is -0.517. The minimum absolute atomic E-state index is 0.299. The van der Waals surface area contributed by atoms with Gasteiger partial charge >= 0.3 is 0 Å². The standard InChI is InChI=1S/C20H21N3O2/c24-17(14-25-18-4-2-1-3-5-18)13-23-9-7-20-16(12-23)10-15-11-21-8-6-19(15)22-20/h1-6,8,10-11,17,24H,7,9,12-14H2. The van der Waals surface area contributed by atoms with E-state index in [1.165, 1.54) is 5.56 Å². The molecule has 3 aromatic rings. The van der Waals surface area contributed by atoms with E-state index in [9.17, 15) is 5.11 Å². The molecule has 4 rings (SSSR count). The van der Waals surface area contributed by atoms with Crippen molar-refractivity contribution >= 4 is 10.9 Å². The van der Waals surface area contributed by atoms with Crippen LogP contribution < -0.4 is 4.74 Å². The first kappa shape index (κ1) is 16.0. The molecule has 25 heavy (non-hydrogen) atoms. The number of β-amino-alcohol motifs (C(OH)–C–C–N with tert-alkyl or cyclic N) is 1. The second-order valence-corrected chi connectivity index (χ2v) is 6.43. The first-order valence-corrected chi connectivity index (χ1v) is 8.59. The molecule has 128 valence electrons. The molecule has 0 saturated heterocycles. The van der Waals surface area contributed by atoms with E-state index in [0.29, 0.717) is 13.2 Å². The van der Waals surface area contributed by atoms with Gasteiger partial charge in [0.1, 0.15) is 18.5 Å². The molecule has 0 saturated carbocycles. The highest BCUT2D eigenvalue weighted by atomic mass is 16.5. The van der Waals surface area contributed by atoms with Crippen molar-refractivity contribution in [3.63, 3.8) is 0 Å². The van der Waals surface area contributed by atoms with E-state index in [1.807, 2.05) is 42.6 Å². The molecule has 1 aromatic carbocycles. The maximum Gasteiger partial charge on any atom is 0.119 e. The van der Waals surface area contributed by atoms with Gasteiger partial charge in [0.25, 0.3) is 0 Å². The van der Waals surface area contributed by atoms with Gasteiger partial charge in [0.05, 0.1) is 5.52 Å². The van der Waals surface area contributed by atoms with E-state index in [-0.39, 0.29) is 0 Å². The van der Waals surface area contributed by atoms with E-state index in [2.05, 4.69) is 16.0 Å². The molecule has 0 fully saturated rings. The van der Waals surface area contributed by atoms with E-state index in [0.717, 1.165) is 41.9 Å². The first-order valence-electron chi connectivity index (χ1n) is 8.59. The topological polar surface area (TPSA) is 58.5 Å². The lowest BCUT2D eigenvalue weighted by Gasteiger charge is -2.30. The summed E-state index contributed by atoms with van der Waals surface area (Å²) in [6.07, 6.45) is 4.01. The van der Waals surface area contributed by atoms with Gasteiger partial charge in [-0.2, -0.15) is 0 Å². The molecule has 0 radical (unpaired) electrons. The highest BCUT2D eigenvalue weighted by Gasteiger charge is 2.20. The van der Waals surface area contributed by atoms with Gasteiger partial charge in [-0.15, -0.1) is 0 Å². The summed E-state index contributed by atoms with van der Waals surface area (Å²) < 4.78 is 5.64. The summed E-state index contributed by atoms with van der Waals surface area (Å²) in [6.45, 7) is 2.60. The Kier molecular flexibility index (Phi) is 4.59. The van der Waals surface area contributed by atoms with Gasteiger partial charge in [-0.05, 0) is 29.8 Å². The van der Waals surface area contributed by atoms with Crippen molar-refractivity contribution in [2.45, 2.75) is 19.1 Å². The van der Waals surface area contributed by atoms with Crippen LogP contribution in [0.4, 0.5) is 0 Å². The minimum Gasteiger partial charge on any atom is -0.491 e. The first-order chi connectivity index (χ1) is 12.3. The predicted molar refractivity (Wildman–Crippen MR) is 96.5 cm³/mol. The molecular weight excluding hydrogens is 314 g/mol. The normalized spacial score (nSPS) is 15.7. The van der Waals surface area contributed by atoms with Crippen molar-refractivity contribution < 1.29 is 9.84 Å². The Morgan fingerprint density at radius 1 is 1.20 bits per heavy atom. The van der Waals surface area contributed by atoms with Gasteiger partial charge in [-0.3, -0.25) is 14.9 Å². The predicted octanol–water partition coefficient (Wildman–Crippen LogP) is 2.43. The summed E-state index contributed by atoms with van der Waals surface area (Å²) in [5, 5.41) is 11.4. The van der Waals surface area contributed by atoms with Gasteiger partial charge in [-0.25, -0.2) is 0 Å². The average molecular weight is 335 g/mol. The Balaban J connectivity index is 1.37. The lowest BCUT2D eigenvalue weighted by atomic mass is 10.0. The van der Waals surface area contributed by atoms with Gasteiger partial charge in [0.15, 0.2) is 0 Å². The number of fused-ring (bicyclic) bond motifs is 2. The number of hydrogen-bond donors (Lipinski definition) is 1. The van der Waals surface area contributed by atoms with Crippen LogP contribution in [0.2, 0.25) is 0 Å². The Hall–Kier alpha value is -2.50. The number of aliphatic hydroxyl groups excluding tert-OH is 1. The average Bonchev–Trinajstić information content (AvgIpc) is 2.65. The zero-order valence-corrected chi connectivity index (χ0v) is 14.0. The van der Waals surface area contributed by atoms with Crippen LogP contribution in [0.3, 0.4) is 0 Å². The lowest BCUT2D eigenvalue weighted by molar-refractivity contribution is 0.0635. The van der Waals surface area contributed by atoms with Crippen molar-refractivity contribution in [3.8, 4) is 5.75 Å². The SMILES string of the molecule is OC(COc1ccccc1)CN1CCc2nc3ccncc3cc2C1. The van der Waals surface area contributed by atoms with Crippen LogP contribution in [0.1, 0.15) is 11.3 Å². The number of aromatic nitrogens is 2. The quantitative estimate of drug-likeness (QED) is 0.776. The number of aliphatic hydroxyl groups is 1. The summed E-state index contributed by atoms with van der Waals surface area (Å²) in [5.74, 6) is 0.786. The molecule has 1 N–H and O–H groups in total. The zero-order chi connectivity index (χ0) is 17.1. The highest BCUT2D eigenvalue weighted by Crippen LogP contribution is 2.22. The molecule has 5 nitrogen and oxygen atoms in total. The molecule has 0 spiro atoms. The number of hydrogen-bond acceptors (Lipinski definition) is 5. The monoisotopic (exact) mass is 335 g/mol. The molecule has 5 heteroatoms. The summed E-state index contributed by atoms with van der Waals surface area (Å²) >= 11 is 0. The summed E-state index contributed by atoms with van der Waals surface area (Å²) in [4.78, 5) is 11.2. The third-order valence-corrected chi connectivity index (χ3v) is 4.50. The van der Waals surface area contributed by atoms with E-state index in [1.54, 1.807) is 6.20 Å². The Labute approximate surface area is 146 Å². The Morgan fingerprint density at radius 3 is 2.96 bits per heavy atom. The number of ether oxygens (including phenoxy) is 1. The molecule has 1 unspecified atom stereocenters. The number of pyridine rings is 2. The summed E-state index contributed by atoms with van der Waals surface area (Å²) in [7, 11) is 0. The van der Waals surface area contributed by atoms with E-state index in [4.69, 9.17) is 9.72 Å². The number of para-hydroxylation sites is 1. The fourth-order valence-electron chi connectivity index (χ4n) is 3.25. The second kappa shape index (κ2) is 7.17. The summed E-state index contributed by atoms with van der Waals surface area (Å²) in [5.41, 5.74) is 3.38. The van der Waals surface area contributed by atoms with Crippen molar-refractivity contribution in [3.05, 3.63) is 66.1 Å². The number of rotatable bonds is 5. The van der Waals surface area contributed by atoms with Crippen molar-refractivity contribution in [1.29, 1.82) is 0 Å². The molecule has 0 amide bonds.